The van der Waals surface area contributed by atoms with E-state index in [4.69, 9.17) is 20.1 Å². The van der Waals surface area contributed by atoms with E-state index in [1.54, 1.807) is 0 Å². The predicted octanol–water partition coefficient (Wildman–Crippen LogP) is -0.126. The van der Waals surface area contributed by atoms with Gasteiger partial charge < -0.3 is 15.3 Å². The summed E-state index contributed by atoms with van der Waals surface area (Å²) in [6.45, 7) is -0.250. The third kappa shape index (κ3) is 269. The third-order valence-electron chi connectivity index (χ3n) is 0.1000. The van der Waals surface area contributed by atoms with E-state index in [1.807, 2.05) is 0 Å². The molecule has 0 aromatic carbocycles. The minimum atomic E-state index is -1.36. The van der Waals surface area contributed by atoms with E-state index in [0.29, 0.717) is 0 Å². The lowest BCUT2D eigenvalue weighted by atomic mass is 10.8. The molecule has 0 spiro atoms. The Morgan fingerprint density at radius 2 is 1.50 bits per heavy atom. The van der Waals surface area contributed by atoms with Gasteiger partial charge in [-0.1, -0.05) is 0 Å². The minimum absolute atomic E-state index is 0.125. The SMILES string of the molecule is O=C(O)Cl.OCCO. The van der Waals surface area contributed by atoms with Crippen molar-refractivity contribution in [1.29, 1.82) is 0 Å². The summed E-state index contributed by atoms with van der Waals surface area (Å²) in [7, 11) is 0. The number of aliphatic hydroxyl groups is 2. The molecule has 0 aliphatic heterocycles. The molecule has 0 fully saturated rings. The van der Waals surface area contributed by atoms with E-state index in [-0.39, 0.29) is 13.2 Å². The van der Waals surface area contributed by atoms with E-state index in [2.05, 4.69) is 11.6 Å². The first-order chi connectivity index (χ1) is 3.65. The van der Waals surface area contributed by atoms with Crippen molar-refractivity contribution in [3.05, 3.63) is 0 Å². The van der Waals surface area contributed by atoms with E-state index in [9.17, 15) is 0 Å². The number of carboxylic acid groups (broad SMARTS) is 1. The molecule has 0 atom stereocenters. The quantitative estimate of drug-likeness (QED) is 0.446. The van der Waals surface area contributed by atoms with E-state index < -0.39 is 5.43 Å². The van der Waals surface area contributed by atoms with Crippen LogP contribution in [0.1, 0.15) is 0 Å². The lowest BCUT2D eigenvalue weighted by Gasteiger charge is -1.70. The molecule has 0 aliphatic rings. The van der Waals surface area contributed by atoms with Gasteiger partial charge in [0.25, 0.3) is 0 Å². The Balaban J connectivity index is 0. The van der Waals surface area contributed by atoms with Crippen molar-refractivity contribution in [3.63, 3.8) is 0 Å². The molecule has 4 nitrogen and oxygen atoms in total. The Bertz CT molecular complexity index is 49.2. The van der Waals surface area contributed by atoms with Gasteiger partial charge in [-0.05, 0) is 0 Å². The van der Waals surface area contributed by atoms with Gasteiger partial charge in [0.15, 0.2) is 0 Å². The molecule has 0 rings (SSSR count). The van der Waals surface area contributed by atoms with Crippen LogP contribution in [0, 0.1) is 0 Å². The number of aliphatic hydroxyl groups excluding tert-OH is 2. The zero-order valence-electron chi connectivity index (χ0n) is 4.04. The Morgan fingerprint density at radius 1 is 1.38 bits per heavy atom. The molecule has 0 amide bonds. The fourth-order valence-corrected chi connectivity index (χ4v) is 0. The molecule has 0 aromatic rings. The summed E-state index contributed by atoms with van der Waals surface area (Å²) >= 11 is 4.19. The summed E-state index contributed by atoms with van der Waals surface area (Å²) in [5.41, 5.74) is -1.36. The van der Waals surface area contributed by atoms with Gasteiger partial charge in [-0.2, -0.15) is 0 Å². The maximum Gasteiger partial charge on any atom is 0.401 e. The normalized spacial score (nSPS) is 6.88. The second-order valence-corrected chi connectivity index (χ2v) is 1.02. The van der Waals surface area contributed by atoms with Gasteiger partial charge in [0.1, 0.15) is 0 Å². The van der Waals surface area contributed by atoms with Crippen molar-refractivity contribution in [2.75, 3.05) is 13.2 Å². The summed E-state index contributed by atoms with van der Waals surface area (Å²) in [6.07, 6.45) is 0. The molecule has 50 valence electrons. The van der Waals surface area contributed by atoms with Crippen LogP contribution < -0.4 is 0 Å². The maximum atomic E-state index is 8.77. The highest BCUT2D eigenvalue weighted by Crippen LogP contribution is 1.67. The number of hydrogen-bond acceptors (Lipinski definition) is 3. The molecule has 0 saturated heterocycles. The van der Waals surface area contributed by atoms with Crippen LogP contribution in [0.5, 0.6) is 0 Å². The monoisotopic (exact) mass is 142 g/mol. The number of rotatable bonds is 1. The van der Waals surface area contributed by atoms with Gasteiger partial charge in [0, 0.05) is 11.6 Å². The standard InChI is InChI=1S/C2H6O2.CHClO2/c3-1-2-4;2-1(3)4/h3-4H,1-2H2;(H,3,4). The predicted molar refractivity (Wildman–Crippen MR) is 28.0 cm³/mol. The number of hydrogen-bond donors (Lipinski definition) is 3. The summed E-state index contributed by atoms with van der Waals surface area (Å²) in [5, 5.41) is 22.4. The molecule has 0 saturated carbocycles. The van der Waals surface area contributed by atoms with Crippen LogP contribution in [0.15, 0.2) is 0 Å². The average molecular weight is 143 g/mol. The Kier molecular flexibility index (Phi) is 13.1. The van der Waals surface area contributed by atoms with Gasteiger partial charge in [-0.3, -0.25) is 0 Å². The first kappa shape index (κ1) is 10.6. The van der Waals surface area contributed by atoms with E-state index in [1.165, 1.54) is 0 Å². The highest BCUT2D eigenvalue weighted by atomic mass is 35.5. The van der Waals surface area contributed by atoms with Crippen LogP contribution in [0.3, 0.4) is 0 Å². The maximum absolute atomic E-state index is 8.77. The molecular weight excluding hydrogens is 135 g/mol. The van der Waals surface area contributed by atoms with Crippen molar-refractivity contribution in [1.82, 2.24) is 0 Å². The first-order valence-corrected chi connectivity index (χ1v) is 2.13. The van der Waals surface area contributed by atoms with Gasteiger partial charge in [0.2, 0.25) is 0 Å². The molecule has 3 N–H and O–H groups in total. The molecule has 0 unspecified atom stereocenters. The zero-order chi connectivity index (χ0) is 6.99. The molecule has 8 heavy (non-hydrogen) atoms. The van der Waals surface area contributed by atoms with Crippen LogP contribution >= 0.6 is 11.6 Å². The summed E-state index contributed by atoms with van der Waals surface area (Å²) in [5.74, 6) is 0. The van der Waals surface area contributed by atoms with Crippen LogP contribution in [-0.4, -0.2) is 34.0 Å². The first-order valence-electron chi connectivity index (χ1n) is 1.75. The van der Waals surface area contributed by atoms with Gasteiger partial charge >= 0.3 is 5.43 Å². The van der Waals surface area contributed by atoms with Gasteiger partial charge in [0.05, 0.1) is 13.2 Å². The molecule has 5 heteroatoms. The Labute approximate surface area is 51.3 Å². The Hall–Kier alpha value is -0.320. The van der Waals surface area contributed by atoms with E-state index >= 15 is 0 Å². The molecule has 0 heterocycles. The smallest absolute Gasteiger partial charge is 0.401 e. The Morgan fingerprint density at radius 3 is 1.50 bits per heavy atom. The number of carbonyl (C=O) groups is 1. The van der Waals surface area contributed by atoms with Crippen LogP contribution in [0.25, 0.3) is 0 Å². The van der Waals surface area contributed by atoms with E-state index in [0.717, 1.165) is 0 Å². The number of halogens is 1. The molecule has 0 bridgehead atoms. The topological polar surface area (TPSA) is 77.8 Å². The summed E-state index contributed by atoms with van der Waals surface area (Å²) < 4.78 is 0. The zero-order valence-corrected chi connectivity index (χ0v) is 4.80. The highest BCUT2D eigenvalue weighted by molar-refractivity contribution is 6.60. The third-order valence-corrected chi connectivity index (χ3v) is 0.1000. The van der Waals surface area contributed by atoms with Crippen molar-refractivity contribution < 1.29 is 20.1 Å². The van der Waals surface area contributed by atoms with Gasteiger partial charge in [-0.25, -0.2) is 4.79 Å². The van der Waals surface area contributed by atoms with Crippen LogP contribution in [0.2, 0.25) is 0 Å². The van der Waals surface area contributed by atoms with Gasteiger partial charge in [-0.15, -0.1) is 0 Å². The summed E-state index contributed by atoms with van der Waals surface area (Å²) in [6, 6.07) is 0. The molecule has 0 aliphatic carbocycles. The lowest BCUT2D eigenvalue weighted by Crippen LogP contribution is -1.85. The van der Waals surface area contributed by atoms with Crippen molar-refractivity contribution in [3.8, 4) is 0 Å². The molecule has 0 radical (unpaired) electrons. The minimum Gasteiger partial charge on any atom is -0.469 e. The second-order valence-electron chi connectivity index (χ2n) is 0.700. The average Bonchev–Trinajstić information content (AvgIpc) is 1.65. The lowest BCUT2D eigenvalue weighted by molar-refractivity contribution is 0.186. The summed E-state index contributed by atoms with van der Waals surface area (Å²) in [4.78, 5) is 8.77. The molecular formula is C3H7ClO4. The largest absolute Gasteiger partial charge is 0.469 e. The van der Waals surface area contributed by atoms with Crippen LogP contribution in [-0.2, 0) is 0 Å². The van der Waals surface area contributed by atoms with Crippen molar-refractivity contribution >= 4 is 17.0 Å². The fourth-order valence-electron chi connectivity index (χ4n) is 0. The van der Waals surface area contributed by atoms with Crippen molar-refractivity contribution in [2.45, 2.75) is 0 Å². The second kappa shape index (κ2) is 9.84. The van der Waals surface area contributed by atoms with Crippen molar-refractivity contribution in [2.24, 2.45) is 0 Å². The highest BCUT2D eigenvalue weighted by Gasteiger charge is 1.71. The molecule has 0 aromatic heterocycles. The van der Waals surface area contributed by atoms with Crippen LogP contribution in [0.4, 0.5) is 4.79 Å². The fraction of sp³-hybridized carbons (Fsp3) is 0.667.